The molecule has 1 aliphatic heterocycles. The number of nitrogens with one attached hydrogen (secondary N) is 1. The topological polar surface area (TPSA) is 96.3 Å². The molecule has 126 valence electrons. The van der Waals surface area contributed by atoms with Crippen molar-refractivity contribution in [2.45, 2.75) is 4.90 Å². The van der Waals surface area contributed by atoms with Crippen LogP contribution in [0, 0.1) is 10.2 Å². The first kappa shape index (κ1) is 17.2. The summed E-state index contributed by atoms with van der Waals surface area (Å²) in [6, 6.07) is 13.5. The van der Waals surface area contributed by atoms with E-state index in [4.69, 9.17) is 10.00 Å². The normalized spacial score (nSPS) is 14.1. The van der Waals surface area contributed by atoms with Crippen LogP contribution in [0.25, 0.3) is 6.08 Å². The van der Waals surface area contributed by atoms with Crippen LogP contribution in [0.4, 0.5) is 10.5 Å². The van der Waals surface area contributed by atoms with E-state index < -0.39 is 15.9 Å². The number of fused-ring (bicyclic) bond motifs is 1. The van der Waals surface area contributed by atoms with E-state index in [1.165, 1.54) is 12.1 Å². The van der Waals surface area contributed by atoms with Gasteiger partial charge in [-0.05, 0) is 0 Å². The van der Waals surface area contributed by atoms with Gasteiger partial charge < -0.3 is 0 Å². The van der Waals surface area contributed by atoms with Gasteiger partial charge >= 0.3 is 139 Å². The Bertz CT molecular complexity index is 992. The van der Waals surface area contributed by atoms with Crippen LogP contribution < -0.4 is 9.78 Å². The average molecular weight is 419 g/mol. The second kappa shape index (κ2) is 7.11. The first-order chi connectivity index (χ1) is 12.0. The molecule has 3 rings (SSSR count). The Labute approximate surface area is 151 Å². The van der Waals surface area contributed by atoms with Crippen LogP contribution in [0.15, 0.2) is 58.3 Å². The molecule has 0 bridgehead atoms. The number of nitriles is 1. The maximum atomic E-state index is 12.3. The molecule has 1 N–H and O–H groups in total. The third kappa shape index (κ3) is 3.74. The van der Waals surface area contributed by atoms with Gasteiger partial charge in [0.05, 0.1) is 0 Å². The van der Waals surface area contributed by atoms with Gasteiger partial charge in [-0.2, -0.15) is 0 Å². The fraction of sp³-hybridized carbons (Fsp3) is 0.0588. The molecule has 0 saturated carbocycles. The third-order valence-corrected chi connectivity index (χ3v) is 6.61. The first-order valence-corrected chi connectivity index (χ1v) is 10.3. The van der Waals surface area contributed by atoms with E-state index in [-0.39, 0.29) is 31.4 Å². The minimum atomic E-state index is -3.60. The zero-order chi connectivity index (χ0) is 17.9. The second-order valence-electron chi connectivity index (χ2n) is 5.07. The number of benzene rings is 2. The number of carbonyl (C=O) groups excluding carboxylic acids is 1. The summed E-state index contributed by atoms with van der Waals surface area (Å²) in [5, 5.41) is 11.2. The summed E-state index contributed by atoms with van der Waals surface area (Å²) in [6.07, 6.45) is 0.766. The molecule has 2 aromatic carbocycles. The van der Waals surface area contributed by atoms with Crippen molar-refractivity contribution >= 4 is 47.1 Å². The van der Waals surface area contributed by atoms with Gasteiger partial charge in [-0.1, -0.05) is 12.1 Å². The Morgan fingerprint density at radius 1 is 1.16 bits per heavy atom. The molecule has 0 aromatic heterocycles. The fourth-order valence-electron chi connectivity index (χ4n) is 2.31. The summed E-state index contributed by atoms with van der Waals surface area (Å²) in [7, 11) is -3.60. The molecule has 2 aromatic rings. The van der Waals surface area contributed by atoms with Crippen molar-refractivity contribution in [1.82, 2.24) is 0 Å². The summed E-state index contributed by atoms with van der Waals surface area (Å²) in [5.74, 6) is 0. The van der Waals surface area contributed by atoms with Gasteiger partial charge in [0.25, 0.3) is 0 Å². The molecule has 0 radical (unpaired) electrons. The van der Waals surface area contributed by atoms with Crippen molar-refractivity contribution < 1.29 is 17.9 Å². The average Bonchev–Trinajstić information content (AvgIpc) is 2.86. The molecule has 8 heteroatoms. The predicted octanol–water partition coefficient (Wildman–Crippen LogP) is 1.87. The summed E-state index contributed by atoms with van der Waals surface area (Å²) < 4.78 is 30.6. The quantitative estimate of drug-likeness (QED) is 0.764. The van der Waals surface area contributed by atoms with Crippen molar-refractivity contribution in [2.75, 3.05) is 11.9 Å². The van der Waals surface area contributed by atoms with Gasteiger partial charge in [-0.15, -0.1) is 0 Å². The molecule has 0 aliphatic carbocycles. The number of ether oxygens (including phenoxy) is 1. The number of nitrogens with zero attached hydrogens (tertiary/aromatic N) is 1. The van der Waals surface area contributed by atoms with Gasteiger partial charge in [0.1, 0.15) is 0 Å². The first-order valence-electron chi connectivity index (χ1n) is 7.15. The molecule has 0 fully saturated rings. The Hall–Kier alpha value is -2.59. The van der Waals surface area contributed by atoms with Gasteiger partial charge in [0, 0.05) is 0 Å². The summed E-state index contributed by atoms with van der Waals surface area (Å²) >= 11 is -0.253. The number of hydrogen-bond acceptors (Lipinski definition) is 5. The molecule has 1 aliphatic rings. The Kier molecular flexibility index (Phi) is 4.90. The Morgan fingerprint density at radius 3 is 2.56 bits per heavy atom. The van der Waals surface area contributed by atoms with Crippen LogP contribution in [-0.2, 0) is 14.6 Å². The van der Waals surface area contributed by atoms with E-state index in [1.54, 1.807) is 42.5 Å². The molecule has 25 heavy (non-hydrogen) atoms. The monoisotopic (exact) mass is 420 g/mol. The SMILES string of the molecule is N#C[Se]c1ccc(NC(=O)OCC2=Cc3ccccc3S2(=O)=O)cc1. The van der Waals surface area contributed by atoms with E-state index >= 15 is 0 Å². The van der Waals surface area contributed by atoms with E-state index in [1.807, 2.05) is 0 Å². The zero-order valence-corrected chi connectivity index (χ0v) is 15.3. The molecule has 6 nitrogen and oxygen atoms in total. The van der Waals surface area contributed by atoms with Gasteiger partial charge in [-0.3, -0.25) is 0 Å². The van der Waals surface area contributed by atoms with Crippen LogP contribution in [0.3, 0.4) is 0 Å². The van der Waals surface area contributed by atoms with Crippen molar-refractivity contribution in [3.63, 3.8) is 0 Å². The summed E-state index contributed by atoms with van der Waals surface area (Å²) in [4.78, 5) is 14.2. The van der Waals surface area contributed by atoms with E-state index in [9.17, 15) is 13.2 Å². The Morgan fingerprint density at radius 2 is 1.88 bits per heavy atom. The third-order valence-electron chi connectivity index (χ3n) is 3.48. The molecule has 1 heterocycles. The van der Waals surface area contributed by atoms with Crippen molar-refractivity contribution in [1.29, 1.82) is 5.26 Å². The molecule has 0 atom stereocenters. The van der Waals surface area contributed by atoms with Gasteiger partial charge in [0.15, 0.2) is 0 Å². The fourth-order valence-corrected chi connectivity index (χ4v) is 4.57. The van der Waals surface area contributed by atoms with Crippen molar-refractivity contribution in [3.8, 4) is 4.97 Å². The number of amides is 1. The number of anilines is 1. The van der Waals surface area contributed by atoms with E-state index in [0.717, 1.165) is 4.46 Å². The minimum absolute atomic E-state index is 0.0518. The second-order valence-corrected chi connectivity index (χ2v) is 8.84. The van der Waals surface area contributed by atoms with Crippen LogP contribution >= 0.6 is 0 Å². The number of carbonyl (C=O) groups is 1. The van der Waals surface area contributed by atoms with Crippen molar-refractivity contribution in [3.05, 3.63) is 59.0 Å². The molecular weight excluding hydrogens is 407 g/mol. The van der Waals surface area contributed by atoms with Gasteiger partial charge in [0.2, 0.25) is 0 Å². The standard InChI is InChI=1S/C17H12N2O4SSe/c18-11-25-15-7-5-13(6-8-15)19-17(20)23-10-14-9-12-3-1-2-4-16(12)24(14,21)22/h1-9H,10H2,(H,19,20). The molecular formula is C17H12N2O4SSe. The zero-order valence-electron chi connectivity index (χ0n) is 12.8. The Balaban J connectivity index is 1.61. The van der Waals surface area contributed by atoms with E-state index in [2.05, 4.69) is 10.3 Å². The van der Waals surface area contributed by atoms with Crippen LogP contribution in [0.2, 0.25) is 0 Å². The number of rotatable bonds is 4. The van der Waals surface area contributed by atoms with Crippen LogP contribution in [0.5, 0.6) is 0 Å². The molecule has 1 amide bonds. The summed E-state index contributed by atoms with van der Waals surface area (Å²) in [5.41, 5.74) is 1.10. The van der Waals surface area contributed by atoms with Crippen LogP contribution in [-0.4, -0.2) is 36.1 Å². The molecule has 0 spiro atoms. The predicted molar refractivity (Wildman–Crippen MR) is 94.0 cm³/mol. The maximum absolute atomic E-state index is 12.3. The number of hydrogen-bond donors (Lipinski definition) is 1. The molecule has 0 saturated heterocycles. The molecule has 0 unspecified atom stereocenters. The summed E-state index contributed by atoms with van der Waals surface area (Å²) in [6.45, 7) is -0.335. The number of sulfone groups is 1. The van der Waals surface area contributed by atoms with E-state index in [0.29, 0.717) is 11.3 Å². The van der Waals surface area contributed by atoms with Crippen molar-refractivity contribution in [2.24, 2.45) is 0 Å². The van der Waals surface area contributed by atoms with Crippen LogP contribution in [0.1, 0.15) is 5.56 Å². The van der Waals surface area contributed by atoms with Gasteiger partial charge in [-0.25, -0.2) is 0 Å².